The van der Waals surface area contributed by atoms with Crippen LogP contribution in [0.2, 0.25) is 0 Å². The number of nitrogens with zero attached hydrogens (tertiary/aromatic N) is 1. The molecule has 7 heteroatoms. The highest BCUT2D eigenvalue weighted by Crippen LogP contribution is 2.20. The van der Waals surface area contributed by atoms with Gasteiger partial charge >= 0.3 is 0 Å². The van der Waals surface area contributed by atoms with Gasteiger partial charge in [-0.1, -0.05) is 0 Å². The number of hydrogen-bond donors (Lipinski definition) is 3. The molecule has 1 aromatic carbocycles. The van der Waals surface area contributed by atoms with Gasteiger partial charge in [-0.25, -0.2) is 0 Å². The van der Waals surface area contributed by atoms with Gasteiger partial charge in [0, 0.05) is 25.6 Å². The minimum absolute atomic E-state index is 0.0898. The Kier molecular flexibility index (Phi) is 4.75. The highest BCUT2D eigenvalue weighted by Gasteiger charge is 2.19. The number of nitrogens with one attached hydrogen (secondary N) is 1. The zero-order valence-corrected chi connectivity index (χ0v) is 9.74. The summed E-state index contributed by atoms with van der Waals surface area (Å²) in [6.45, 7) is 1.21. The van der Waals surface area contributed by atoms with Gasteiger partial charge in [0.25, 0.3) is 5.69 Å². The summed E-state index contributed by atoms with van der Waals surface area (Å²) in [6.07, 6.45) is -2.38. The van der Waals surface area contributed by atoms with Crippen LogP contribution in [-0.4, -0.2) is 33.7 Å². The Morgan fingerprint density at radius 1 is 1.39 bits per heavy atom. The fourth-order valence-electron chi connectivity index (χ4n) is 1.38. The number of aliphatic hydroxyl groups is 2. The van der Waals surface area contributed by atoms with Gasteiger partial charge in [-0.3, -0.25) is 14.9 Å². The smallest absolute Gasteiger partial charge is 0.269 e. The maximum Gasteiger partial charge on any atom is 0.269 e. The Labute approximate surface area is 103 Å². The van der Waals surface area contributed by atoms with E-state index in [2.05, 4.69) is 5.32 Å². The van der Waals surface area contributed by atoms with Crippen LogP contribution in [0.15, 0.2) is 24.3 Å². The molecule has 2 atom stereocenters. The number of non-ortho nitro benzene ring substituents is 1. The number of carbonyl (C=O) groups is 1. The maximum absolute atomic E-state index is 10.6. The standard InChI is InChI=1S/C11H14N2O5/c1-7(14)12-6-10(15)11(16)8-2-4-9(5-3-8)13(17)18/h2-5,10-11,15-16H,6H2,1H3,(H,12,14). The zero-order chi connectivity index (χ0) is 13.7. The number of hydrogen-bond acceptors (Lipinski definition) is 5. The van der Waals surface area contributed by atoms with E-state index in [0.29, 0.717) is 5.56 Å². The van der Waals surface area contributed by atoms with Crippen LogP contribution in [0, 0.1) is 10.1 Å². The largest absolute Gasteiger partial charge is 0.388 e. The molecule has 98 valence electrons. The van der Waals surface area contributed by atoms with Crippen molar-refractivity contribution < 1.29 is 19.9 Å². The summed E-state index contributed by atoms with van der Waals surface area (Å²) in [5.74, 6) is -0.315. The number of amides is 1. The van der Waals surface area contributed by atoms with Gasteiger partial charge in [0.05, 0.1) is 4.92 Å². The third-order valence-corrected chi connectivity index (χ3v) is 2.37. The predicted octanol–water partition coefficient (Wildman–Crippen LogP) is 0.125. The SMILES string of the molecule is CC(=O)NCC(O)C(O)c1ccc([N+](=O)[O-])cc1. The van der Waals surface area contributed by atoms with Crippen molar-refractivity contribution in [2.45, 2.75) is 19.1 Å². The quantitative estimate of drug-likeness (QED) is 0.510. The number of aliphatic hydroxyl groups excluding tert-OH is 2. The molecular formula is C11H14N2O5. The molecule has 18 heavy (non-hydrogen) atoms. The van der Waals surface area contributed by atoms with E-state index in [4.69, 9.17) is 0 Å². The van der Waals surface area contributed by atoms with Gasteiger partial charge in [0.1, 0.15) is 12.2 Å². The average molecular weight is 254 g/mol. The van der Waals surface area contributed by atoms with E-state index in [1.807, 2.05) is 0 Å². The third kappa shape index (κ3) is 3.79. The van der Waals surface area contributed by atoms with Gasteiger partial charge in [-0.05, 0) is 17.7 Å². The molecule has 0 aliphatic carbocycles. The summed E-state index contributed by atoms with van der Waals surface area (Å²) in [5, 5.41) is 32.2. The molecule has 0 bridgehead atoms. The zero-order valence-electron chi connectivity index (χ0n) is 9.74. The summed E-state index contributed by atoms with van der Waals surface area (Å²) in [7, 11) is 0. The molecule has 0 aliphatic heterocycles. The van der Waals surface area contributed by atoms with Gasteiger partial charge in [-0.15, -0.1) is 0 Å². The molecule has 0 aromatic heterocycles. The molecular weight excluding hydrogens is 240 g/mol. The summed E-state index contributed by atoms with van der Waals surface area (Å²) in [6, 6.07) is 5.20. The van der Waals surface area contributed by atoms with Gasteiger partial charge in [-0.2, -0.15) is 0 Å². The van der Waals surface area contributed by atoms with Crippen LogP contribution in [0.5, 0.6) is 0 Å². The lowest BCUT2D eigenvalue weighted by molar-refractivity contribution is -0.384. The van der Waals surface area contributed by atoms with E-state index < -0.39 is 17.1 Å². The second kappa shape index (κ2) is 6.08. The fourth-order valence-corrected chi connectivity index (χ4v) is 1.38. The van der Waals surface area contributed by atoms with Crippen LogP contribution in [-0.2, 0) is 4.79 Å². The molecule has 0 saturated heterocycles. The van der Waals surface area contributed by atoms with Crippen LogP contribution in [0.4, 0.5) is 5.69 Å². The highest BCUT2D eigenvalue weighted by atomic mass is 16.6. The Morgan fingerprint density at radius 3 is 2.39 bits per heavy atom. The summed E-state index contributed by atoms with van der Waals surface area (Å²) >= 11 is 0. The molecule has 3 N–H and O–H groups in total. The number of rotatable bonds is 5. The molecule has 0 spiro atoms. The van der Waals surface area contributed by atoms with Crippen LogP contribution in [0.25, 0.3) is 0 Å². The molecule has 0 saturated carbocycles. The molecule has 1 rings (SSSR count). The molecule has 2 unspecified atom stereocenters. The van der Waals surface area contributed by atoms with Crippen molar-refractivity contribution in [3.8, 4) is 0 Å². The van der Waals surface area contributed by atoms with E-state index in [1.54, 1.807) is 0 Å². The van der Waals surface area contributed by atoms with Crippen LogP contribution in [0.1, 0.15) is 18.6 Å². The van der Waals surface area contributed by atoms with E-state index in [9.17, 15) is 25.1 Å². The van der Waals surface area contributed by atoms with Crippen molar-refractivity contribution >= 4 is 11.6 Å². The Hall–Kier alpha value is -1.99. The van der Waals surface area contributed by atoms with E-state index in [-0.39, 0.29) is 18.1 Å². The number of benzene rings is 1. The minimum atomic E-state index is -1.21. The first-order chi connectivity index (χ1) is 8.41. The molecule has 0 heterocycles. The first kappa shape index (κ1) is 14.1. The Bertz CT molecular complexity index is 432. The second-order valence-electron chi connectivity index (χ2n) is 3.80. The molecule has 1 aromatic rings. The number of nitro benzene ring substituents is 1. The number of nitro groups is 1. The van der Waals surface area contributed by atoms with Gasteiger partial charge in [0.2, 0.25) is 5.91 Å². The molecule has 7 nitrogen and oxygen atoms in total. The topological polar surface area (TPSA) is 113 Å². The monoisotopic (exact) mass is 254 g/mol. The van der Waals surface area contributed by atoms with E-state index in [0.717, 1.165) is 0 Å². The molecule has 0 aliphatic rings. The normalized spacial score (nSPS) is 13.7. The molecule has 1 amide bonds. The first-order valence-corrected chi connectivity index (χ1v) is 5.26. The van der Waals surface area contributed by atoms with Gasteiger partial charge in [0.15, 0.2) is 0 Å². The fraction of sp³-hybridized carbons (Fsp3) is 0.364. The summed E-state index contributed by atoms with van der Waals surface area (Å²) in [5.41, 5.74) is 0.251. The molecule has 0 fully saturated rings. The van der Waals surface area contributed by atoms with E-state index in [1.165, 1.54) is 31.2 Å². The van der Waals surface area contributed by atoms with Crippen molar-refractivity contribution in [3.05, 3.63) is 39.9 Å². The van der Waals surface area contributed by atoms with Crippen molar-refractivity contribution in [1.82, 2.24) is 5.32 Å². The van der Waals surface area contributed by atoms with Crippen LogP contribution in [0.3, 0.4) is 0 Å². The molecule has 0 radical (unpaired) electrons. The lowest BCUT2D eigenvalue weighted by Gasteiger charge is -2.18. The summed E-state index contributed by atoms with van der Waals surface area (Å²) < 4.78 is 0. The van der Waals surface area contributed by atoms with Crippen molar-refractivity contribution in [3.63, 3.8) is 0 Å². The Balaban J connectivity index is 2.68. The second-order valence-corrected chi connectivity index (χ2v) is 3.80. The van der Waals surface area contributed by atoms with Crippen LogP contribution >= 0.6 is 0 Å². The lowest BCUT2D eigenvalue weighted by atomic mass is 10.0. The average Bonchev–Trinajstić information content (AvgIpc) is 2.35. The van der Waals surface area contributed by atoms with E-state index >= 15 is 0 Å². The first-order valence-electron chi connectivity index (χ1n) is 5.26. The Morgan fingerprint density at radius 2 is 1.94 bits per heavy atom. The van der Waals surface area contributed by atoms with Crippen molar-refractivity contribution in [1.29, 1.82) is 0 Å². The highest BCUT2D eigenvalue weighted by molar-refractivity contribution is 5.72. The third-order valence-electron chi connectivity index (χ3n) is 2.37. The van der Waals surface area contributed by atoms with Crippen molar-refractivity contribution in [2.75, 3.05) is 6.54 Å². The maximum atomic E-state index is 10.6. The van der Waals surface area contributed by atoms with Gasteiger partial charge < -0.3 is 15.5 Å². The minimum Gasteiger partial charge on any atom is -0.388 e. The summed E-state index contributed by atoms with van der Waals surface area (Å²) in [4.78, 5) is 20.5. The van der Waals surface area contributed by atoms with Crippen molar-refractivity contribution in [2.24, 2.45) is 0 Å². The lowest BCUT2D eigenvalue weighted by Crippen LogP contribution is -2.34. The van der Waals surface area contributed by atoms with Crippen LogP contribution < -0.4 is 5.32 Å². The number of carbonyl (C=O) groups excluding carboxylic acids is 1. The predicted molar refractivity (Wildman–Crippen MR) is 62.7 cm³/mol.